The molecule has 5 atom stereocenters. The maximum atomic E-state index is 14.7. The smallest absolute Gasteiger partial charge is 0.408 e. The Morgan fingerprint density at radius 1 is 1.07 bits per heavy atom. The van der Waals surface area contributed by atoms with Gasteiger partial charge >= 0.3 is 12.1 Å². The number of hydrogen-bond donors (Lipinski definition) is 4. The third-order valence-corrected chi connectivity index (χ3v) is 12.2. The molecule has 1 saturated heterocycles. The van der Waals surface area contributed by atoms with Gasteiger partial charge < -0.3 is 40.3 Å². The molecule has 60 heavy (non-hydrogen) atoms. The first kappa shape index (κ1) is 44.3. The number of fused-ring (bicyclic) bond motifs is 1. The van der Waals surface area contributed by atoms with E-state index >= 15 is 0 Å². The van der Waals surface area contributed by atoms with Crippen LogP contribution in [0.15, 0.2) is 36.2 Å². The van der Waals surface area contributed by atoms with E-state index in [0.29, 0.717) is 39.6 Å². The van der Waals surface area contributed by atoms with Gasteiger partial charge in [-0.1, -0.05) is 47.6 Å². The number of carbonyl (C=O) groups excluding carboxylic acids is 4. The molecule has 2 aromatic heterocycles. The fraction of sp³-hybridized carbons (Fsp3) is 0.568. The lowest BCUT2D eigenvalue weighted by Gasteiger charge is -2.35. The molecule has 0 unspecified atom stereocenters. The molecule has 16 heteroatoms. The van der Waals surface area contributed by atoms with Crippen molar-refractivity contribution in [2.75, 3.05) is 30.9 Å². The van der Waals surface area contributed by atoms with Gasteiger partial charge in [-0.3, -0.25) is 14.4 Å². The highest BCUT2D eigenvalue weighted by Crippen LogP contribution is 2.45. The highest BCUT2D eigenvalue weighted by Gasteiger charge is 2.61. The largest absolute Gasteiger partial charge is 0.488 e. The standard InChI is InChI=1S/C44H59N7O8S/c1-11-25-20-44(25,39(55)56)49-37(53)32-18-27(22-51(32)38(54)36(43(6,7)8)48-41(57)59-26-14-12-13-15-26)58-33-19-29(45-35-24(2)31(50(9)10)17-16-28(33)35)30-23-60-40(46-30)47-34(52)21-42(3,4)5/h11,16-17,19,23,25-27,32,36H,1,12-15,18,20-22H2,2-10H3,(H,48,57)(H,49,53)(H,55,56)(H,46,47,52)/t25-,27-,32+,36-,44-/m1/s1. The van der Waals surface area contributed by atoms with Crippen LogP contribution in [0.1, 0.15) is 92.1 Å². The van der Waals surface area contributed by atoms with Crippen LogP contribution in [0.3, 0.4) is 0 Å². The van der Waals surface area contributed by atoms with Crippen molar-refractivity contribution in [2.45, 2.75) is 123 Å². The van der Waals surface area contributed by atoms with Gasteiger partial charge in [-0.25, -0.2) is 19.6 Å². The first-order chi connectivity index (χ1) is 28.1. The van der Waals surface area contributed by atoms with Crippen LogP contribution in [0.2, 0.25) is 0 Å². The second kappa shape index (κ2) is 17.0. The Morgan fingerprint density at radius 3 is 2.37 bits per heavy atom. The number of anilines is 2. The number of carboxylic acids is 1. The summed E-state index contributed by atoms with van der Waals surface area (Å²) in [6, 6.07) is 3.44. The Morgan fingerprint density at radius 2 is 1.77 bits per heavy atom. The minimum atomic E-state index is -1.53. The summed E-state index contributed by atoms with van der Waals surface area (Å²) in [4.78, 5) is 80.4. The number of aliphatic carboxylic acids is 1. The molecule has 0 radical (unpaired) electrons. The molecule has 3 heterocycles. The lowest BCUT2D eigenvalue weighted by atomic mass is 9.85. The van der Waals surface area contributed by atoms with Gasteiger partial charge in [0.1, 0.15) is 41.3 Å². The molecular weight excluding hydrogens is 787 g/mol. The number of nitrogens with one attached hydrogen (secondary N) is 3. The summed E-state index contributed by atoms with van der Waals surface area (Å²) in [6.45, 7) is 17.1. The molecule has 15 nitrogen and oxygen atoms in total. The van der Waals surface area contributed by atoms with E-state index in [1.54, 1.807) is 6.07 Å². The molecule has 324 valence electrons. The van der Waals surface area contributed by atoms with Gasteiger partial charge in [0.25, 0.3) is 0 Å². The number of nitrogens with zero attached hydrogens (tertiary/aromatic N) is 4. The van der Waals surface area contributed by atoms with Gasteiger partial charge in [-0.05, 0) is 67.6 Å². The molecule has 1 aliphatic heterocycles. The van der Waals surface area contributed by atoms with E-state index in [1.165, 1.54) is 22.3 Å². The molecule has 1 aromatic carbocycles. The predicted molar refractivity (Wildman–Crippen MR) is 231 cm³/mol. The Hall–Kier alpha value is -5.25. The first-order valence-corrected chi connectivity index (χ1v) is 21.5. The maximum absolute atomic E-state index is 14.7. The van der Waals surface area contributed by atoms with Gasteiger partial charge in [-0.2, -0.15) is 0 Å². The quantitative estimate of drug-likeness (QED) is 0.134. The van der Waals surface area contributed by atoms with E-state index in [0.717, 1.165) is 36.9 Å². The van der Waals surface area contributed by atoms with Crippen LogP contribution in [0.5, 0.6) is 5.75 Å². The Bertz CT molecular complexity index is 2170. The topological polar surface area (TPSA) is 192 Å². The number of carboxylic acid groups (broad SMARTS) is 1. The van der Waals surface area contributed by atoms with Gasteiger partial charge in [0, 0.05) is 55.4 Å². The number of carbonyl (C=O) groups is 5. The molecule has 3 fully saturated rings. The van der Waals surface area contributed by atoms with E-state index in [1.807, 2.05) is 85.0 Å². The van der Waals surface area contributed by atoms with Crippen molar-refractivity contribution < 1.29 is 38.6 Å². The SMILES string of the molecule is C=C[C@@H]1C[C@]1(NC(=O)[C@@H]1C[C@@H](Oc2cc(-c3csc(NC(=O)CC(C)(C)C)n3)nc3c(C)c(N(C)C)ccc23)CN1C(=O)[C@@H](NC(=O)OC1CCCC1)C(C)(C)C)C(=O)O. The number of ether oxygens (including phenoxy) is 2. The van der Waals surface area contributed by atoms with Crippen molar-refractivity contribution in [3.63, 3.8) is 0 Å². The van der Waals surface area contributed by atoms with E-state index in [9.17, 15) is 29.1 Å². The second-order valence-corrected chi connectivity index (χ2v) is 19.7. The molecule has 2 saturated carbocycles. The zero-order chi connectivity index (χ0) is 43.9. The Labute approximate surface area is 355 Å². The molecule has 0 bridgehead atoms. The second-order valence-electron chi connectivity index (χ2n) is 18.9. The van der Waals surface area contributed by atoms with Gasteiger partial charge in [0.2, 0.25) is 17.7 Å². The van der Waals surface area contributed by atoms with Crippen molar-refractivity contribution >= 4 is 62.8 Å². The zero-order valence-corrected chi connectivity index (χ0v) is 37.0. The summed E-state index contributed by atoms with van der Waals surface area (Å²) in [6.07, 6.45) is 3.80. The summed E-state index contributed by atoms with van der Waals surface area (Å²) in [5, 5.41) is 21.5. The van der Waals surface area contributed by atoms with Gasteiger partial charge in [0.15, 0.2) is 5.13 Å². The van der Waals surface area contributed by atoms with Crippen molar-refractivity contribution in [3.05, 3.63) is 41.8 Å². The molecular formula is C44H59N7O8S. The molecule has 3 aliphatic rings. The average Bonchev–Trinajstić information content (AvgIpc) is 3.56. The predicted octanol–water partition coefficient (Wildman–Crippen LogP) is 6.68. The van der Waals surface area contributed by atoms with E-state index in [-0.39, 0.29) is 36.8 Å². The lowest BCUT2D eigenvalue weighted by molar-refractivity contribution is -0.146. The van der Waals surface area contributed by atoms with Crippen molar-refractivity contribution in [1.29, 1.82) is 0 Å². The number of amides is 4. The van der Waals surface area contributed by atoms with Crippen LogP contribution >= 0.6 is 11.3 Å². The molecule has 6 rings (SSSR count). The van der Waals surface area contributed by atoms with Crippen LogP contribution in [-0.2, 0) is 23.9 Å². The third kappa shape index (κ3) is 9.69. The number of likely N-dealkylation sites (tertiary alicyclic amines) is 1. The summed E-state index contributed by atoms with van der Waals surface area (Å²) >= 11 is 1.29. The highest BCUT2D eigenvalue weighted by molar-refractivity contribution is 7.14. The minimum absolute atomic E-state index is 0.0317. The Kier molecular flexibility index (Phi) is 12.6. The maximum Gasteiger partial charge on any atom is 0.408 e. The molecule has 3 aromatic rings. The third-order valence-electron chi connectivity index (χ3n) is 11.5. The van der Waals surface area contributed by atoms with E-state index < -0.39 is 58.9 Å². The van der Waals surface area contributed by atoms with Crippen molar-refractivity contribution in [1.82, 2.24) is 25.5 Å². The summed E-state index contributed by atoms with van der Waals surface area (Å²) in [5.41, 5.74) is 0.981. The number of rotatable bonds is 13. The van der Waals surface area contributed by atoms with E-state index in [2.05, 4.69) is 22.5 Å². The van der Waals surface area contributed by atoms with Crippen LogP contribution in [0.25, 0.3) is 22.3 Å². The summed E-state index contributed by atoms with van der Waals surface area (Å²) in [5.74, 6) is -2.52. The summed E-state index contributed by atoms with van der Waals surface area (Å²) in [7, 11) is 3.89. The van der Waals surface area contributed by atoms with Gasteiger partial charge in [0.05, 0.1) is 17.8 Å². The first-order valence-electron chi connectivity index (χ1n) is 20.6. The molecule has 2 aliphatic carbocycles. The number of aryl methyl sites for hydroxylation is 1. The fourth-order valence-corrected chi connectivity index (χ4v) is 8.91. The van der Waals surface area contributed by atoms with Crippen LogP contribution in [0, 0.1) is 23.7 Å². The zero-order valence-electron chi connectivity index (χ0n) is 36.1. The highest BCUT2D eigenvalue weighted by atomic mass is 32.1. The number of thiazole rings is 1. The van der Waals surface area contributed by atoms with Crippen molar-refractivity contribution in [3.8, 4) is 17.1 Å². The number of alkyl carbamates (subject to hydrolysis) is 1. The number of hydrogen-bond acceptors (Lipinski definition) is 11. The van der Waals surface area contributed by atoms with Gasteiger partial charge in [-0.15, -0.1) is 17.9 Å². The minimum Gasteiger partial charge on any atom is -0.488 e. The summed E-state index contributed by atoms with van der Waals surface area (Å²) < 4.78 is 12.5. The molecule has 0 spiro atoms. The monoisotopic (exact) mass is 845 g/mol. The number of pyridine rings is 1. The average molecular weight is 846 g/mol. The Balaban J connectivity index is 1.35. The lowest BCUT2D eigenvalue weighted by Crippen LogP contribution is -2.59. The van der Waals surface area contributed by atoms with Crippen LogP contribution in [0.4, 0.5) is 15.6 Å². The normalized spacial score (nSPS) is 22.2. The van der Waals surface area contributed by atoms with Crippen LogP contribution < -0.4 is 25.6 Å². The van der Waals surface area contributed by atoms with Crippen molar-refractivity contribution in [2.24, 2.45) is 16.7 Å². The van der Waals surface area contributed by atoms with E-state index in [4.69, 9.17) is 19.4 Å². The van der Waals surface area contributed by atoms with Crippen LogP contribution in [-0.4, -0.2) is 100 Å². The molecule has 4 amide bonds. The molecule has 4 N–H and O–H groups in total. The fourth-order valence-electron chi connectivity index (χ4n) is 8.19. The number of benzene rings is 1. The number of aromatic nitrogens is 2.